The van der Waals surface area contributed by atoms with Gasteiger partial charge in [-0.3, -0.25) is 0 Å². The van der Waals surface area contributed by atoms with Crippen molar-refractivity contribution >= 4 is 23.4 Å². The van der Waals surface area contributed by atoms with Gasteiger partial charge in [0.2, 0.25) is 11.8 Å². The molecule has 0 fully saturated rings. The van der Waals surface area contributed by atoms with Crippen LogP contribution in [0.1, 0.15) is 20.8 Å². The number of hydrogen-bond donors (Lipinski definition) is 2. The molecule has 1 rings (SSSR count). The summed E-state index contributed by atoms with van der Waals surface area (Å²) in [6, 6.07) is -2.03. The Kier molecular flexibility index (Phi) is 4.78. The van der Waals surface area contributed by atoms with Crippen LogP contribution >= 0.6 is 11.6 Å². The maximum Gasteiger partial charge on any atom is 0.408 e. The first kappa shape index (κ1) is 15.7. The van der Waals surface area contributed by atoms with Crippen molar-refractivity contribution < 1.29 is 17.6 Å². The number of hydrogen-bond acceptors (Lipinski definition) is 4. The Morgan fingerprint density at radius 1 is 1.11 bits per heavy atom. The normalized spacial score (nSPS) is 13.5. The van der Waals surface area contributed by atoms with E-state index in [4.69, 9.17) is 11.6 Å². The minimum absolute atomic E-state index is 0.0433. The lowest BCUT2D eigenvalue weighted by Gasteiger charge is -2.19. The van der Waals surface area contributed by atoms with Gasteiger partial charge in [-0.25, -0.2) is 0 Å². The molecule has 1 aromatic rings. The van der Waals surface area contributed by atoms with Crippen molar-refractivity contribution in [3.05, 3.63) is 11.0 Å². The molecule has 0 saturated carbocycles. The van der Waals surface area contributed by atoms with Crippen LogP contribution in [0.15, 0.2) is 0 Å². The molecular weight excluding hydrogens is 288 g/mol. The number of anilines is 2. The van der Waals surface area contributed by atoms with Crippen LogP contribution in [0.25, 0.3) is 0 Å². The molecule has 0 aliphatic heterocycles. The van der Waals surface area contributed by atoms with Gasteiger partial charge in [-0.15, -0.1) is 0 Å². The highest BCUT2D eigenvalue weighted by molar-refractivity contribution is 6.29. The third-order valence-corrected chi connectivity index (χ3v) is 2.32. The first-order chi connectivity index (χ1) is 8.61. The Labute approximate surface area is 112 Å². The molecule has 4 nitrogen and oxygen atoms in total. The summed E-state index contributed by atoms with van der Waals surface area (Å²) in [4.78, 5) is 7.22. The van der Waals surface area contributed by atoms with Gasteiger partial charge in [0.15, 0.2) is 11.0 Å². The largest absolute Gasteiger partial charge is 0.408 e. The molecule has 0 unspecified atom stereocenters. The lowest BCUT2D eigenvalue weighted by Crippen LogP contribution is -2.34. The molecule has 0 spiro atoms. The number of nitrogens with zero attached hydrogens (tertiary/aromatic N) is 2. The predicted octanol–water partition coefficient (Wildman–Crippen LogP) is 3.45. The molecule has 1 aromatic heterocycles. The quantitative estimate of drug-likeness (QED) is 0.660. The lowest BCUT2D eigenvalue weighted by atomic mass is 10.3. The summed E-state index contributed by atoms with van der Waals surface area (Å²) in [5, 5.41) is 4.11. The molecule has 0 amide bonds. The van der Waals surface area contributed by atoms with Gasteiger partial charge in [-0.2, -0.15) is 27.5 Å². The highest BCUT2D eigenvalue weighted by Crippen LogP contribution is 2.26. The topological polar surface area (TPSA) is 49.8 Å². The summed E-state index contributed by atoms with van der Waals surface area (Å²) in [7, 11) is 0. The van der Waals surface area contributed by atoms with Crippen LogP contribution < -0.4 is 10.6 Å². The molecule has 0 radical (unpaired) electrons. The highest BCUT2D eigenvalue weighted by Gasteiger charge is 2.37. The fourth-order valence-electron chi connectivity index (χ4n) is 1.13. The van der Waals surface area contributed by atoms with Crippen molar-refractivity contribution in [2.24, 2.45) is 0 Å². The van der Waals surface area contributed by atoms with E-state index in [1.165, 1.54) is 0 Å². The summed E-state index contributed by atoms with van der Waals surface area (Å²) in [5.41, 5.74) is 0. The lowest BCUT2D eigenvalue weighted by molar-refractivity contribution is -0.138. The average molecular weight is 301 g/mol. The zero-order valence-electron chi connectivity index (χ0n) is 10.4. The van der Waals surface area contributed by atoms with Gasteiger partial charge in [0.1, 0.15) is 6.04 Å². The maximum atomic E-state index is 13.6. The highest BCUT2D eigenvalue weighted by atomic mass is 35.5. The zero-order valence-corrected chi connectivity index (χ0v) is 11.2. The molecule has 2 N–H and O–H groups in total. The Morgan fingerprint density at radius 3 is 2.16 bits per heavy atom. The second-order valence-electron chi connectivity index (χ2n) is 4.21. The summed E-state index contributed by atoms with van der Waals surface area (Å²) < 4.78 is 50.8. The molecule has 108 valence electrons. The Balaban J connectivity index is 3.02. The van der Waals surface area contributed by atoms with E-state index in [9.17, 15) is 17.6 Å². The van der Waals surface area contributed by atoms with Crippen molar-refractivity contribution in [2.75, 3.05) is 10.6 Å². The van der Waals surface area contributed by atoms with E-state index >= 15 is 0 Å². The van der Waals surface area contributed by atoms with E-state index in [0.29, 0.717) is 0 Å². The van der Waals surface area contributed by atoms with Crippen molar-refractivity contribution in [2.45, 2.75) is 39.0 Å². The molecule has 9 heteroatoms. The minimum atomic E-state index is -4.52. The van der Waals surface area contributed by atoms with E-state index in [0.717, 1.165) is 6.92 Å². The third kappa shape index (κ3) is 4.38. The predicted molar refractivity (Wildman–Crippen MR) is 64.9 cm³/mol. The van der Waals surface area contributed by atoms with Gasteiger partial charge in [0.05, 0.1) is 0 Å². The van der Waals surface area contributed by atoms with Crippen molar-refractivity contribution in [3.8, 4) is 0 Å². The van der Waals surface area contributed by atoms with Crippen molar-refractivity contribution in [1.29, 1.82) is 0 Å². The molecule has 19 heavy (non-hydrogen) atoms. The molecule has 1 heterocycles. The SMILES string of the molecule is CC(C)Nc1nc(Cl)c(F)c(N[C@H](C)C(F)(F)F)n1. The third-order valence-electron chi connectivity index (χ3n) is 2.07. The van der Waals surface area contributed by atoms with Gasteiger partial charge in [0, 0.05) is 6.04 Å². The van der Waals surface area contributed by atoms with Gasteiger partial charge < -0.3 is 10.6 Å². The zero-order chi connectivity index (χ0) is 14.8. The van der Waals surface area contributed by atoms with E-state index in [2.05, 4.69) is 15.3 Å². The fourth-order valence-corrected chi connectivity index (χ4v) is 1.29. The number of aromatic nitrogens is 2. The Bertz CT molecular complexity index is 450. The van der Waals surface area contributed by atoms with Gasteiger partial charge in [0.25, 0.3) is 0 Å². The Hall–Kier alpha value is -1.31. The second kappa shape index (κ2) is 5.77. The van der Waals surface area contributed by atoms with Crippen LogP contribution in [0, 0.1) is 5.82 Å². The van der Waals surface area contributed by atoms with E-state index in [1.807, 2.05) is 5.32 Å². The van der Waals surface area contributed by atoms with Crippen LogP contribution in [0.4, 0.5) is 29.3 Å². The summed E-state index contributed by atoms with van der Waals surface area (Å²) >= 11 is 5.51. The van der Waals surface area contributed by atoms with Gasteiger partial charge >= 0.3 is 6.18 Å². The molecule has 0 aliphatic rings. The van der Waals surface area contributed by atoms with Crippen molar-refractivity contribution in [1.82, 2.24) is 9.97 Å². The van der Waals surface area contributed by atoms with Crippen molar-refractivity contribution in [3.63, 3.8) is 0 Å². The second-order valence-corrected chi connectivity index (χ2v) is 4.57. The maximum absolute atomic E-state index is 13.6. The van der Waals surface area contributed by atoms with Crippen LogP contribution in [0.3, 0.4) is 0 Å². The molecule has 0 bridgehead atoms. The van der Waals surface area contributed by atoms with Gasteiger partial charge in [-0.05, 0) is 20.8 Å². The number of rotatable bonds is 4. The van der Waals surface area contributed by atoms with Crippen LogP contribution in [-0.2, 0) is 0 Å². The standard InChI is InChI=1S/C10H13ClF4N4/c1-4(2)16-9-18-7(11)6(12)8(19-9)17-5(3)10(13,14)15/h4-5H,1-3H3,(H2,16,17,18,19)/t5-/m1/s1. The monoisotopic (exact) mass is 300 g/mol. The van der Waals surface area contributed by atoms with Crippen LogP contribution in [-0.4, -0.2) is 28.2 Å². The summed E-state index contributed by atoms with van der Waals surface area (Å²) in [6.07, 6.45) is -4.52. The smallest absolute Gasteiger partial charge is 0.356 e. The fraction of sp³-hybridized carbons (Fsp3) is 0.600. The molecular formula is C10H13ClF4N4. The number of halogens is 5. The van der Waals surface area contributed by atoms with E-state index in [1.54, 1.807) is 13.8 Å². The van der Waals surface area contributed by atoms with Crippen LogP contribution in [0.2, 0.25) is 5.15 Å². The van der Waals surface area contributed by atoms with E-state index < -0.39 is 29.0 Å². The summed E-state index contributed by atoms with van der Waals surface area (Å²) in [5.74, 6) is -1.75. The molecule has 0 aromatic carbocycles. The average Bonchev–Trinajstić information content (AvgIpc) is 2.22. The summed E-state index contributed by atoms with van der Waals surface area (Å²) in [6.45, 7) is 4.39. The molecule has 0 aliphatic carbocycles. The minimum Gasteiger partial charge on any atom is -0.356 e. The number of nitrogens with one attached hydrogen (secondary N) is 2. The molecule has 0 saturated heterocycles. The van der Waals surface area contributed by atoms with E-state index in [-0.39, 0.29) is 12.0 Å². The Morgan fingerprint density at radius 2 is 1.68 bits per heavy atom. The van der Waals surface area contributed by atoms with Crippen LogP contribution in [0.5, 0.6) is 0 Å². The number of alkyl halides is 3. The van der Waals surface area contributed by atoms with Gasteiger partial charge in [-0.1, -0.05) is 11.6 Å². The first-order valence-corrected chi connectivity index (χ1v) is 5.82. The first-order valence-electron chi connectivity index (χ1n) is 5.44. The molecule has 1 atom stereocenters.